The summed E-state index contributed by atoms with van der Waals surface area (Å²) in [6.07, 6.45) is -4.85. The number of amides is 1. The molecule has 21 heavy (non-hydrogen) atoms. The number of aliphatic hydroxyl groups is 1. The molecule has 0 aliphatic carbocycles. The summed E-state index contributed by atoms with van der Waals surface area (Å²) in [5.74, 6) is -2.13. The first-order valence-corrected chi connectivity index (χ1v) is 6.43. The molecule has 116 valence electrons. The molecule has 1 aliphatic heterocycles. The van der Waals surface area contributed by atoms with Gasteiger partial charge in [0.15, 0.2) is 0 Å². The molecule has 2 rings (SSSR count). The van der Waals surface area contributed by atoms with Crippen LogP contribution in [0.5, 0.6) is 0 Å². The molecule has 1 amide bonds. The maximum atomic E-state index is 13.2. The minimum absolute atomic E-state index is 0.0578. The Morgan fingerprint density at radius 2 is 1.90 bits per heavy atom. The molecule has 0 spiro atoms. The summed E-state index contributed by atoms with van der Waals surface area (Å²) in [5, 5.41) is 10.0. The maximum Gasteiger partial charge on any atom is 0.419 e. The molecule has 1 heterocycles. The van der Waals surface area contributed by atoms with Crippen molar-refractivity contribution in [3.8, 4) is 0 Å². The first-order valence-electron chi connectivity index (χ1n) is 6.43. The highest BCUT2D eigenvalue weighted by atomic mass is 19.4. The van der Waals surface area contributed by atoms with E-state index in [1.165, 1.54) is 4.90 Å². The van der Waals surface area contributed by atoms with Crippen molar-refractivity contribution >= 4 is 5.91 Å². The van der Waals surface area contributed by atoms with E-state index in [9.17, 15) is 27.5 Å². The summed E-state index contributed by atoms with van der Waals surface area (Å²) in [5.41, 5.74) is -2.72. The molecule has 3 nitrogen and oxygen atoms in total. The third-order valence-electron chi connectivity index (χ3n) is 3.81. The van der Waals surface area contributed by atoms with Gasteiger partial charge in [-0.25, -0.2) is 4.39 Å². The molecule has 0 aromatic heterocycles. The predicted octanol–water partition coefficient (Wildman–Crippen LogP) is 2.69. The van der Waals surface area contributed by atoms with Crippen molar-refractivity contribution in [1.82, 2.24) is 4.90 Å². The van der Waals surface area contributed by atoms with Crippen LogP contribution in [0.15, 0.2) is 18.2 Å². The number of hydrogen-bond acceptors (Lipinski definition) is 2. The molecule has 0 unspecified atom stereocenters. The van der Waals surface area contributed by atoms with E-state index in [1.807, 2.05) is 0 Å². The van der Waals surface area contributed by atoms with Crippen molar-refractivity contribution in [2.75, 3.05) is 13.1 Å². The van der Waals surface area contributed by atoms with Gasteiger partial charge >= 0.3 is 6.18 Å². The number of alkyl halides is 3. The molecule has 0 radical (unpaired) electrons. The lowest BCUT2D eigenvalue weighted by Crippen LogP contribution is -2.65. The second-order valence-corrected chi connectivity index (χ2v) is 5.61. The summed E-state index contributed by atoms with van der Waals surface area (Å²) in [4.78, 5) is 13.3. The second kappa shape index (κ2) is 4.98. The number of carbonyl (C=O) groups is 1. The van der Waals surface area contributed by atoms with Gasteiger partial charge in [-0.3, -0.25) is 4.79 Å². The number of benzene rings is 1. The van der Waals surface area contributed by atoms with Crippen molar-refractivity contribution in [3.05, 3.63) is 35.1 Å². The van der Waals surface area contributed by atoms with Crippen LogP contribution in [-0.2, 0) is 6.18 Å². The lowest BCUT2D eigenvalue weighted by Gasteiger charge is -2.49. The maximum absolute atomic E-state index is 13.2. The Bertz CT molecular complexity index is 563. The fourth-order valence-electron chi connectivity index (χ4n) is 2.18. The van der Waals surface area contributed by atoms with Gasteiger partial charge in [0.05, 0.1) is 18.7 Å². The number of nitrogens with zero attached hydrogens (tertiary/aromatic N) is 1. The fourth-order valence-corrected chi connectivity index (χ4v) is 2.18. The number of likely N-dealkylation sites (tertiary alicyclic amines) is 1. The van der Waals surface area contributed by atoms with Crippen LogP contribution in [-0.4, -0.2) is 34.6 Å². The van der Waals surface area contributed by atoms with Crippen molar-refractivity contribution in [1.29, 1.82) is 0 Å². The number of hydrogen-bond donors (Lipinski definition) is 1. The van der Waals surface area contributed by atoms with Crippen LogP contribution in [0.25, 0.3) is 0 Å². The first kappa shape index (κ1) is 15.8. The van der Waals surface area contributed by atoms with Crippen molar-refractivity contribution in [3.63, 3.8) is 0 Å². The third kappa shape index (κ3) is 2.88. The number of halogens is 4. The first-order chi connectivity index (χ1) is 9.54. The zero-order chi connectivity index (χ0) is 16.0. The average Bonchev–Trinajstić information content (AvgIpc) is 2.33. The molecule has 1 aliphatic rings. The summed E-state index contributed by atoms with van der Waals surface area (Å²) in [6, 6.07) is 2.15. The molecule has 0 atom stereocenters. The van der Waals surface area contributed by atoms with Gasteiger partial charge in [0.2, 0.25) is 0 Å². The van der Waals surface area contributed by atoms with E-state index in [-0.39, 0.29) is 24.6 Å². The van der Waals surface area contributed by atoms with E-state index in [1.54, 1.807) is 13.8 Å². The van der Waals surface area contributed by atoms with E-state index in [2.05, 4.69) is 0 Å². The Balaban J connectivity index is 2.19. The third-order valence-corrected chi connectivity index (χ3v) is 3.81. The van der Waals surface area contributed by atoms with Crippen LogP contribution in [0.4, 0.5) is 17.6 Å². The highest BCUT2D eigenvalue weighted by Gasteiger charge is 2.46. The summed E-state index contributed by atoms with van der Waals surface area (Å²) in [6.45, 7) is 3.70. The van der Waals surface area contributed by atoms with E-state index < -0.39 is 29.1 Å². The molecule has 1 saturated heterocycles. The van der Waals surface area contributed by atoms with Gasteiger partial charge in [0.1, 0.15) is 11.4 Å². The van der Waals surface area contributed by atoms with E-state index >= 15 is 0 Å². The Labute approximate surface area is 119 Å². The zero-order valence-corrected chi connectivity index (χ0v) is 11.5. The lowest BCUT2D eigenvalue weighted by atomic mass is 9.82. The zero-order valence-electron chi connectivity index (χ0n) is 11.5. The van der Waals surface area contributed by atoms with Crippen LogP contribution in [0.2, 0.25) is 0 Å². The minimum atomic E-state index is -4.85. The standard InChI is InChI=1S/C14H15F4NO2/c1-8(2)13(21)6-19(7-13)12(20)9-3-4-11(15)10(5-9)14(16,17)18/h3-5,8,21H,6-7H2,1-2H3. The summed E-state index contributed by atoms with van der Waals surface area (Å²) in [7, 11) is 0. The Hall–Kier alpha value is -1.63. The molecule has 0 saturated carbocycles. The molecule has 1 aromatic rings. The van der Waals surface area contributed by atoms with Crippen molar-refractivity contribution in [2.24, 2.45) is 5.92 Å². The quantitative estimate of drug-likeness (QED) is 0.854. The van der Waals surface area contributed by atoms with E-state index in [4.69, 9.17) is 0 Å². The van der Waals surface area contributed by atoms with Gasteiger partial charge in [0, 0.05) is 5.56 Å². The molecular weight excluding hydrogens is 290 g/mol. The molecular formula is C14H15F4NO2. The predicted molar refractivity (Wildman–Crippen MR) is 67.1 cm³/mol. The molecule has 0 bridgehead atoms. The Morgan fingerprint density at radius 1 is 1.33 bits per heavy atom. The van der Waals surface area contributed by atoms with Crippen molar-refractivity contribution < 1.29 is 27.5 Å². The highest BCUT2D eigenvalue weighted by molar-refractivity contribution is 5.95. The summed E-state index contributed by atoms with van der Waals surface area (Å²) < 4.78 is 51.0. The van der Waals surface area contributed by atoms with Gasteiger partial charge in [0.25, 0.3) is 5.91 Å². The van der Waals surface area contributed by atoms with Crippen LogP contribution in [0.1, 0.15) is 29.8 Å². The van der Waals surface area contributed by atoms with Gasteiger partial charge < -0.3 is 10.0 Å². The van der Waals surface area contributed by atoms with E-state index in [0.717, 1.165) is 6.07 Å². The van der Waals surface area contributed by atoms with Crippen LogP contribution in [0.3, 0.4) is 0 Å². The average molecular weight is 305 g/mol. The van der Waals surface area contributed by atoms with Gasteiger partial charge in [-0.15, -0.1) is 0 Å². The van der Waals surface area contributed by atoms with Gasteiger partial charge in [-0.05, 0) is 24.1 Å². The summed E-state index contributed by atoms with van der Waals surface area (Å²) >= 11 is 0. The number of carbonyl (C=O) groups excluding carboxylic acids is 1. The lowest BCUT2D eigenvalue weighted by molar-refractivity contribution is -0.140. The second-order valence-electron chi connectivity index (χ2n) is 5.61. The molecule has 1 N–H and O–H groups in total. The highest BCUT2D eigenvalue weighted by Crippen LogP contribution is 2.33. The van der Waals surface area contributed by atoms with Crippen LogP contribution in [0, 0.1) is 11.7 Å². The van der Waals surface area contributed by atoms with Crippen molar-refractivity contribution in [2.45, 2.75) is 25.6 Å². The van der Waals surface area contributed by atoms with Crippen LogP contribution >= 0.6 is 0 Å². The minimum Gasteiger partial charge on any atom is -0.386 e. The molecule has 1 aromatic carbocycles. The van der Waals surface area contributed by atoms with Crippen LogP contribution < -0.4 is 0 Å². The monoisotopic (exact) mass is 305 g/mol. The molecule has 1 fully saturated rings. The molecule has 7 heteroatoms. The Morgan fingerprint density at radius 3 is 2.38 bits per heavy atom. The number of β-amino-alcohol motifs (C(OH)–C–C–N with tert-alkyl or cyclic N) is 1. The topological polar surface area (TPSA) is 40.5 Å². The van der Waals surface area contributed by atoms with Gasteiger partial charge in [-0.2, -0.15) is 13.2 Å². The smallest absolute Gasteiger partial charge is 0.386 e. The Kier molecular flexibility index (Phi) is 3.73. The SMILES string of the molecule is CC(C)C1(O)CN(C(=O)c2ccc(F)c(C(F)(F)F)c2)C1. The van der Waals surface area contributed by atoms with Gasteiger partial charge in [-0.1, -0.05) is 13.8 Å². The normalized spacial score (nSPS) is 17.8. The fraction of sp³-hybridized carbons (Fsp3) is 0.500. The van der Waals surface area contributed by atoms with E-state index in [0.29, 0.717) is 12.1 Å². The number of rotatable bonds is 2. The largest absolute Gasteiger partial charge is 0.419 e.